The van der Waals surface area contributed by atoms with E-state index in [0.717, 1.165) is 28.2 Å². The second kappa shape index (κ2) is 11.4. The van der Waals surface area contributed by atoms with E-state index in [1.165, 1.54) is 6.92 Å². The Labute approximate surface area is 212 Å². The fraction of sp³-hybridized carbons (Fsp3) is 0.333. The molecule has 6 nitrogen and oxygen atoms in total. The standard InChI is InChI=1S/C30H33NO5/c1-20(18-36-19-22-8-6-5-7-9-22)28-27(21(2)32)30(33)31(28)29(23-10-14-25(34-3)15-11-23)24-12-16-26(35-4)17-13-24/h5-17,20,27-29H,18-19H2,1-4H3/t20-,27-,28-/m0/s1. The average molecular weight is 488 g/mol. The van der Waals surface area contributed by atoms with E-state index >= 15 is 0 Å². The maximum absolute atomic E-state index is 13.5. The van der Waals surface area contributed by atoms with Gasteiger partial charge in [0.05, 0.1) is 39.5 Å². The SMILES string of the molecule is COc1ccc(C(c2ccc(OC)cc2)N2C(=O)[C@@H](C(C)=O)[C@@H]2[C@@H](C)COCc2ccccc2)cc1. The van der Waals surface area contributed by atoms with Gasteiger partial charge in [0.1, 0.15) is 23.2 Å². The number of β-lactam (4-membered cyclic amide) rings is 1. The molecule has 188 valence electrons. The Balaban J connectivity index is 1.64. The molecule has 0 unspecified atom stereocenters. The molecule has 6 heteroatoms. The van der Waals surface area contributed by atoms with Gasteiger partial charge in [0, 0.05) is 5.92 Å². The minimum atomic E-state index is -0.667. The number of ketones is 1. The summed E-state index contributed by atoms with van der Waals surface area (Å²) in [6, 6.07) is 24.8. The highest BCUT2D eigenvalue weighted by Gasteiger charge is 2.55. The fourth-order valence-electron chi connectivity index (χ4n) is 4.97. The molecule has 0 radical (unpaired) electrons. The van der Waals surface area contributed by atoms with Crippen LogP contribution in [0.25, 0.3) is 0 Å². The van der Waals surface area contributed by atoms with Crippen molar-refractivity contribution in [2.75, 3.05) is 20.8 Å². The van der Waals surface area contributed by atoms with Crippen LogP contribution < -0.4 is 9.47 Å². The van der Waals surface area contributed by atoms with Gasteiger partial charge in [-0.3, -0.25) is 9.59 Å². The van der Waals surface area contributed by atoms with Crippen LogP contribution in [-0.2, 0) is 20.9 Å². The molecule has 3 aromatic rings. The molecule has 4 rings (SSSR count). The van der Waals surface area contributed by atoms with Gasteiger partial charge >= 0.3 is 0 Å². The molecular formula is C30H33NO5. The Hall–Kier alpha value is -3.64. The first-order valence-electron chi connectivity index (χ1n) is 12.2. The lowest BCUT2D eigenvalue weighted by Crippen LogP contribution is -2.67. The van der Waals surface area contributed by atoms with Crippen molar-refractivity contribution in [1.82, 2.24) is 4.90 Å². The molecule has 0 spiro atoms. The number of amides is 1. The van der Waals surface area contributed by atoms with Crippen molar-refractivity contribution >= 4 is 11.7 Å². The van der Waals surface area contributed by atoms with Crippen molar-refractivity contribution in [1.29, 1.82) is 0 Å². The van der Waals surface area contributed by atoms with Gasteiger partial charge in [-0.2, -0.15) is 0 Å². The van der Waals surface area contributed by atoms with Crippen molar-refractivity contribution in [3.63, 3.8) is 0 Å². The van der Waals surface area contributed by atoms with Crippen LogP contribution in [0.4, 0.5) is 0 Å². The Morgan fingerprint density at radius 1 is 0.861 bits per heavy atom. The third-order valence-corrected chi connectivity index (χ3v) is 6.84. The molecule has 0 aromatic heterocycles. The van der Waals surface area contributed by atoms with E-state index in [0.29, 0.717) is 13.2 Å². The highest BCUT2D eigenvalue weighted by Crippen LogP contribution is 2.43. The lowest BCUT2D eigenvalue weighted by molar-refractivity contribution is -0.169. The molecule has 36 heavy (non-hydrogen) atoms. The molecule has 0 aliphatic carbocycles. The van der Waals surface area contributed by atoms with Gasteiger partial charge in [-0.05, 0) is 47.9 Å². The summed E-state index contributed by atoms with van der Waals surface area (Å²) in [7, 11) is 3.25. The van der Waals surface area contributed by atoms with Gasteiger partial charge in [-0.15, -0.1) is 0 Å². The third kappa shape index (κ3) is 5.29. The number of hydrogen-bond acceptors (Lipinski definition) is 5. The van der Waals surface area contributed by atoms with Crippen LogP contribution >= 0.6 is 0 Å². The molecule has 3 atom stereocenters. The van der Waals surface area contributed by atoms with E-state index in [2.05, 4.69) is 0 Å². The number of rotatable bonds is 11. The minimum Gasteiger partial charge on any atom is -0.497 e. The number of carbonyl (C=O) groups excluding carboxylic acids is 2. The van der Waals surface area contributed by atoms with Crippen molar-refractivity contribution in [3.05, 3.63) is 95.6 Å². The first-order valence-corrected chi connectivity index (χ1v) is 12.2. The number of methoxy groups -OCH3 is 2. The van der Waals surface area contributed by atoms with Crippen molar-refractivity contribution < 1.29 is 23.8 Å². The third-order valence-electron chi connectivity index (χ3n) is 6.84. The molecule has 1 amide bonds. The van der Waals surface area contributed by atoms with E-state index in [9.17, 15) is 9.59 Å². The molecule has 3 aromatic carbocycles. The van der Waals surface area contributed by atoms with Crippen LogP contribution in [0.2, 0.25) is 0 Å². The number of Topliss-reactive ketones (excluding diaryl/α,β-unsaturated/α-hetero) is 1. The number of ether oxygens (including phenoxy) is 3. The second-order valence-corrected chi connectivity index (χ2v) is 9.25. The average Bonchev–Trinajstić information content (AvgIpc) is 2.90. The molecule has 1 saturated heterocycles. The highest BCUT2D eigenvalue weighted by molar-refractivity contribution is 6.06. The van der Waals surface area contributed by atoms with Crippen LogP contribution in [0.1, 0.15) is 36.6 Å². The maximum atomic E-state index is 13.5. The first kappa shape index (κ1) is 25.5. The number of hydrogen-bond donors (Lipinski definition) is 0. The van der Waals surface area contributed by atoms with Gasteiger partial charge in [0.25, 0.3) is 0 Å². The molecule has 1 fully saturated rings. The van der Waals surface area contributed by atoms with E-state index < -0.39 is 5.92 Å². The predicted molar refractivity (Wildman–Crippen MR) is 138 cm³/mol. The quantitative estimate of drug-likeness (QED) is 0.279. The van der Waals surface area contributed by atoms with E-state index in [1.54, 1.807) is 14.2 Å². The molecule has 0 saturated carbocycles. The van der Waals surface area contributed by atoms with Crippen LogP contribution in [0.5, 0.6) is 11.5 Å². The zero-order valence-corrected chi connectivity index (χ0v) is 21.2. The van der Waals surface area contributed by atoms with Gasteiger partial charge < -0.3 is 19.1 Å². The second-order valence-electron chi connectivity index (χ2n) is 9.25. The van der Waals surface area contributed by atoms with E-state index in [4.69, 9.17) is 14.2 Å². The van der Waals surface area contributed by atoms with Crippen LogP contribution in [0.3, 0.4) is 0 Å². The molecule has 1 aliphatic rings. The summed E-state index contributed by atoms with van der Waals surface area (Å²) in [4.78, 5) is 27.8. The summed E-state index contributed by atoms with van der Waals surface area (Å²) in [6.45, 7) is 4.46. The van der Waals surface area contributed by atoms with Gasteiger partial charge in [-0.1, -0.05) is 61.5 Å². The maximum Gasteiger partial charge on any atom is 0.236 e. The van der Waals surface area contributed by atoms with Crippen LogP contribution in [0.15, 0.2) is 78.9 Å². The monoisotopic (exact) mass is 487 g/mol. The molecule has 1 heterocycles. The van der Waals surface area contributed by atoms with E-state index in [1.807, 2.05) is 90.7 Å². The lowest BCUT2D eigenvalue weighted by Gasteiger charge is -2.53. The number of carbonyl (C=O) groups is 2. The Bertz CT molecular complexity index is 1110. The zero-order valence-electron chi connectivity index (χ0n) is 21.2. The normalized spacial score (nSPS) is 18.0. The number of likely N-dealkylation sites (tertiary alicyclic amines) is 1. The Morgan fingerprint density at radius 3 is 1.86 bits per heavy atom. The summed E-state index contributed by atoms with van der Waals surface area (Å²) in [5.41, 5.74) is 2.97. The molecular weight excluding hydrogens is 454 g/mol. The Kier molecular flexibility index (Phi) is 8.06. The fourth-order valence-corrected chi connectivity index (χ4v) is 4.97. The van der Waals surface area contributed by atoms with Gasteiger partial charge in [-0.25, -0.2) is 0 Å². The Morgan fingerprint density at radius 2 is 1.39 bits per heavy atom. The van der Waals surface area contributed by atoms with Gasteiger partial charge in [0.2, 0.25) is 5.91 Å². The smallest absolute Gasteiger partial charge is 0.236 e. The van der Waals surface area contributed by atoms with E-state index in [-0.39, 0.29) is 29.7 Å². The highest BCUT2D eigenvalue weighted by atomic mass is 16.5. The van der Waals surface area contributed by atoms with Gasteiger partial charge in [0.15, 0.2) is 0 Å². The largest absolute Gasteiger partial charge is 0.497 e. The summed E-state index contributed by atoms with van der Waals surface area (Å²) in [6.07, 6.45) is 0. The molecule has 1 aliphatic heterocycles. The minimum absolute atomic E-state index is 0.0423. The van der Waals surface area contributed by atoms with Crippen molar-refractivity contribution in [3.8, 4) is 11.5 Å². The summed E-state index contributed by atoms with van der Waals surface area (Å²) < 4.78 is 16.7. The van der Waals surface area contributed by atoms with Crippen LogP contribution in [0, 0.1) is 11.8 Å². The lowest BCUT2D eigenvalue weighted by atomic mass is 9.75. The number of benzene rings is 3. The van der Waals surface area contributed by atoms with Crippen molar-refractivity contribution in [2.45, 2.75) is 32.5 Å². The molecule has 0 bridgehead atoms. The predicted octanol–water partition coefficient (Wildman–Crippen LogP) is 5.06. The summed E-state index contributed by atoms with van der Waals surface area (Å²) >= 11 is 0. The summed E-state index contributed by atoms with van der Waals surface area (Å²) in [5.74, 6) is 0.503. The number of nitrogens with zero attached hydrogens (tertiary/aromatic N) is 1. The van der Waals surface area contributed by atoms with Crippen LogP contribution in [-0.4, -0.2) is 43.5 Å². The first-order chi connectivity index (χ1) is 17.4. The summed E-state index contributed by atoms with van der Waals surface area (Å²) in [5, 5.41) is 0. The topological polar surface area (TPSA) is 65.1 Å². The zero-order chi connectivity index (χ0) is 25.7. The molecule has 0 N–H and O–H groups in total. The van der Waals surface area contributed by atoms with Crippen molar-refractivity contribution in [2.24, 2.45) is 11.8 Å².